The summed E-state index contributed by atoms with van der Waals surface area (Å²) in [5.41, 5.74) is 5.28. The molecule has 13 heavy (non-hydrogen) atoms. The van der Waals surface area contributed by atoms with Gasteiger partial charge in [-0.2, -0.15) is 0 Å². The summed E-state index contributed by atoms with van der Waals surface area (Å²) in [7, 11) is 0. The van der Waals surface area contributed by atoms with Crippen LogP contribution in [-0.4, -0.2) is 33.4 Å². The molecule has 1 amide bonds. The minimum atomic E-state index is -0.00532. The summed E-state index contributed by atoms with van der Waals surface area (Å²) in [4.78, 5) is 17.2. The molecule has 0 saturated heterocycles. The van der Waals surface area contributed by atoms with Crippen molar-refractivity contribution in [2.75, 3.05) is 13.1 Å². The first-order valence-corrected chi connectivity index (χ1v) is 4.29. The number of amides is 1. The minimum absolute atomic E-state index is 0.00532. The fourth-order valence-corrected chi connectivity index (χ4v) is 1.52. The monoisotopic (exact) mass is 180 g/mol. The number of nitrogens with zero attached hydrogens (tertiary/aromatic N) is 3. The summed E-state index contributed by atoms with van der Waals surface area (Å²) >= 11 is 0. The van der Waals surface area contributed by atoms with Crippen LogP contribution < -0.4 is 5.73 Å². The summed E-state index contributed by atoms with van der Waals surface area (Å²) in [6, 6.07) is 0. The number of rotatable bonds is 1. The van der Waals surface area contributed by atoms with Crippen LogP contribution in [0.2, 0.25) is 0 Å². The summed E-state index contributed by atoms with van der Waals surface area (Å²) < 4.78 is 2.06. The maximum absolute atomic E-state index is 11.3. The van der Waals surface area contributed by atoms with Crippen LogP contribution in [0.3, 0.4) is 0 Å². The lowest BCUT2D eigenvalue weighted by Gasteiger charge is -2.27. The summed E-state index contributed by atoms with van der Waals surface area (Å²) in [6.45, 7) is 2.23. The van der Waals surface area contributed by atoms with Crippen LogP contribution >= 0.6 is 0 Å². The molecule has 0 aromatic carbocycles. The third kappa shape index (κ3) is 1.42. The fourth-order valence-electron chi connectivity index (χ4n) is 1.52. The number of fused-ring (bicyclic) bond motifs is 1. The van der Waals surface area contributed by atoms with E-state index in [9.17, 15) is 4.79 Å². The SMILES string of the molecule is NCC(=O)N1CCn2ccnc2C1. The van der Waals surface area contributed by atoms with Crippen molar-refractivity contribution < 1.29 is 4.79 Å². The molecule has 1 aromatic rings. The van der Waals surface area contributed by atoms with Gasteiger partial charge in [0.25, 0.3) is 0 Å². The first kappa shape index (κ1) is 8.25. The van der Waals surface area contributed by atoms with Crippen LogP contribution in [0.4, 0.5) is 0 Å². The largest absolute Gasteiger partial charge is 0.332 e. The molecule has 0 atom stereocenters. The van der Waals surface area contributed by atoms with Crippen molar-refractivity contribution in [3.63, 3.8) is 0 Å². The Hall–Kier alpha value is -1.36. The quantitative estimate of drug-likeness (QED) is 0.614. The third-order valence-corrected chi connectivity index (χ3v) is 2.27. The highest BCUT2D eigenvalue weighted by atomic mass is 16.2. The second kappa shape index (κ2) is 3.18. The van der Waals surface area contributed by atoms with Crippen molar-refractivity contribution in [1.29, 1.82) is 0 Å². The van der Waals surface area contributed by atoms with Crippen molar-refractivity contribution in [2.24, 2.45) is 5.73 Å². The first-order chi connectivity index (χ1) is 6.31. The van der Waals surface area contributed by atoms with Crippen LogP contribution in [-0.2, 0) is 17.9 Å². The van der Waals surface area contributed by atoms with Crippen molar-refractivity contribution in [1.82, 2.24) is 14.5 Å². The Morgan fingerprint density at radius 3 is 3.23 bits per heavy atom. The molecule has 0 saturated carbocycles. The predicted octanol–water partition coefficient (Wildman–Crippen LogP) is -0.816. The van der Waals surface area contributed by atoms with Gasteiger partial charge in [-0.15, -0.1) is 0 Å². The molecular formula is C8H12N4O. The molecule has 0 aliphatic carbocycles. The van der Waals surface area contributed by atoms with Crippen LogP contribution in [0.1, 0.15) is 5.82 Å². The van der Waals surface area contributed by atoms with Crippen molar-refractivity contribution in [3.05, 3.63) is 18.2 Å². The standard InChI is InChI=1S/C8H12N4O/c9-5-8(13)12-4-3-11-2-1-10-7(11)6-12/h1-2H,3-6,9H2. The van der Waals surface area contributed by atoms with Crippen LogP contribution in [0.25, 0.3) is 0 Å². The van der Waals surface area contributed by atoms with Gasteiger partial charge in [0.15, 0.2) is 0 Å². The number of hydrogen-bond donors (Lipinski definition) is 1. The Bertz CT molecular complexity index is 320. The van der Waals surface area contributed by atoms with E-state index in [1.165, 1.54) is 0 Å². The zero-order valence-corrected chi connectivity index (χ0v) is 7.31. The zero-order valence-electron chi connectivity index (χ0n) is 7.31. The zero-order chi connectivity index (χ0) is 9.26. The van der Waals surface area contributed by atoms with Crippen molar-refractivity contribution >= 4 is 5.91 Å². The molecule has 0 spiro atoms. The van der Waals surface area contributed by atoms with Crippen molar-refractivity contribution in [3.8, 4) is 0 Å². The molecule has 2 rings (SSSR count). The average Bonchev–Trinajstić information content (AvgIpc) is 2.63. The van der Waals surface area contributed by atoms with E-state index in [2.05, 4.69) is 9.55 Å². The van der Waals surface area contributed by atoms with E-state index in [1.807, 2.05) is 6.20 Å². The number of aromatic nitrogens is 2. The fraction of sp³-hybridized carbons (Fsp3) is 0.500. The molecule has 5 heteroatoms. The molecule has 1 aromatic heterocycles. The molecular weight excluding hydrogens is 168 g/mol. The highest BCUT2D eigenvalue weighted by Crippen LogP contribution is 2.09. The molecule has 2 heterocycles. The van der Waals surface area contributed by atoms with E-state index in [1.54, 1.807) is 11.1 Å². The summed E-state index contributed by atoms with van der Waals surface area (Å²) in [6.07, 6.45) is 3.69. The molecule has 1 aliphatic rings. The highest BCUT2D eigenvalue weighted by Gasteiger charge is 2.19. The van der Waals surface area contributed by atoms with Crippen LogP contribution in [0.15, 0.2) is 12.4 Å². The van der Waals surface area contributed by atoms with E-state index < -0.39 is 0 Å². The Morgan fingerprint density at radius 1 is 1.62 bits per heavy atom. The van der Waals surface area contributed by atoms with Crippen molar-refractivity contribution in [2.45, 2.75) is 13.1 Å². The van der Waals surface area contributed by atoms with Gasteiger partial charge in [0.2, 0.25) is 5.91 Å². The maximum Gasteiger partial charge on any atom is 0.236 e. The minimum Gasteiger partial charge on any atom is -0.332 e. The van der Waals surface area contributed by atoms with Gasteiger partial charge >= 0.3 is 0 Å². The average molecular weight is 180 g/mol. The van der Waals surface area contributed by atoms with Gasteiger partial charge in [0, 0.05) is 25.5 Å². The number of carbonyl (C=O) groups excluding carboxylic acids is 1. The molecule has 5 nitrogen and oxygen atoms in total. The van der Waals surface area contributed by atoms with Gasteiger partial charge in [-0.05, 0) is 0 Å². The second-order valence-electron chi connectivity index (χ2n) is 3.06. The molecule has 2 N–H and O–H groups in total. The summed E-state index contributed by atoms with van der Waals surface area (Å²) in [5, 5.41) is 0. The van der Waals surface area contributed by atoms with E-state index >= 15 is 0 Å². The highest BCUT2D eigenvalue weighted by molar-refractivity contribution is 5.78. The Balaban J connectivity index is 2.13. The Morgan fingerprint density at radius 2 is 2.46 bits per heavy atom. The maximum atomic E-state index is 11.3. The molecule has 0 unspecified atom stereocenters. The van der Waals surface area contributed by atoms with Gasteiger partial charge < -0.3 is 15.2 Å². The topological polar surface area (TPSA) is 64.2 Å². The second-order valence-corrected chi connectivity index (χ2v) is 3.06. The van der Waals surface area contributed by atoms with Crippen LogP contribution in [0.5, 0.6) is 0 Å². The number of imidazole rings is 1. The molecule has 0 radical (unpaired) electrons. The lowest BCUT2D eigenvalue weighted by atomic mass is 10.3. The van der Waals surface area contributed by atoms with Gasteiger partial charge in [-0.1, -0.05) is 0 Å². The number of nitrogens with two attached hydrogens (primary N) is 1. The normalized spacial score (nSPS) is 15.6. The van der Waals surface area contributed by atoms with Gasteiger partial charge in [-0.25, -0.2) is 4.98 Å². The molecule has 0 fully saturated rings. The molecule has 1 aliphatic heterocycles. The van der Waals surface area contributed by atoms with Gasteiger partial charge in [-0.3, -0.25) is 4.79 Å². The predicted molar refractivity (Wildman–Crippen MR) is 46.7 cm³/mol. The Kier molecular flexibility index (Phi) is 2.02. The Labute approximate surface area is 76.2 Å². The first-order valence-electron chi connectivity index (χ1n) is 4.29. The summed E-state index contributed by atoms with van der Waals surface area (Å²) in [5.74, 6) is 0.933. The van der Waals surface area contributed by atoms with E-state index in [0.29, 0.717) is 6.54 Å². The van der Waals surface area contributed by atoms with E-state index in [4.69, 9.17) is 5.73 Å². The van der Waals surface area contributed by atoms with Gasteiger partial charge in [0.05, 0.1) is 13.1 Å². The van der Waals surface area contributed by atoms with E-state index in [0.717, 1.165) is 18.9 Å². The lowest BCUT2D eigenvalue weighted by Crippen LogP contribution is -2.41. The van der Waals surface area contributed by atoms with Crippen LogP contribution in [0, 0.1) is 0 Å². The molecule has 0 bridgehead atoms. The third-order valence-electron chi connectivity index (χ3n) is 2.27. The number of hydrogen-bond acceptors (Lipinski definition) is 3. The lowest BCUT2D eigenvalue weighted by molar-refractivity contribution is -0.131. The smallest absolute Gasteiger partial charge is 0.236 e. The van der Waals surface area contributed by atoms with E-state index in [-0.39, 0.29) is 12.5 Å². The number of carbonyl (C=O) groups is 1. The molecule has 70 valence electrons. The van der Waals surface area contributed by atoms with Gasteiger partial charge in [0.1, 0.15) is 5.82 Å².